The first-order chi connectivity index (χ1) is 9.80. The zero-order valence-electron chi connectivity index (χ0n) is 12.3. The molecule has 0 unspecified atom stereocenters. The second kappa shape index (κ2) is 6.03. The summed E-state index contributed by atoms with van der Waals surface area (Å²) in [5.41, 5.74) is 7.85. The van der Waals surface area contributed by atoms with Gasteiger partial charge in [-0.25, -0.2) is 8.42 Å². The molecule has 1 aromatic carbocycles. The van der Waals surface area contributed by atoms with Crippen LogP contribution in [0, 0.1) is 0 Å². The van der Waals surface area contributed by atoms with E-state index in [2.05, 4.69) is 4.90 Å². The summed E-state index contributed by atoms with van der Waals surface area (Å²) in [6, 6.07) is 3.60. The molecule has 7 heteroatoms. The van der Waals surface area contributed by atoms with Crippen LogP contribution in [0.2, 0.25) is 0 Å². The quantitative estimate of drug-likeness (QED) is 0.838. The molecule has 1 aliphatic rings. The van der Waals surface area contributed by atoms with Crippen LogP contribution in [-0.4, -0.2) is 51.4 Å². The number of carbonyl (C=O) groups is 1. The van der Waals surface area contributed by atoms with Crippen molar-refractivity contribution in [3.05, 3.63) is 28.8 Å². The minimum absolute atomic E-state index is 0.140. The van der Waals surface area contributed by atoms with E-state index in [4.69, 9.17) is 10.5 Å². The van der Waals surface area contributed by atoms with Gasteiger partial charge >= 0.3 is 0 Å². The van der Waals surface area contributed by atoms with Crippen molar-refractivity contribution < 1.29 is 17.9 Å². The summed E-state index contributed by atoms with van der Waals surface area (Å²) in [6.07, 6.45) is 2.04. The Balaban J connectivity index is 2.20. The predicted octanol–water partition coefficient (Wildman–Crippen LogP) is 0.197. The largest absolute Gasteiger partial charge is 0.496 e. The second-order valence-corrected chi connectivity index (χ2v) is 7.60. The maximum atomic E-state index is 11.5. The maximum absolute atomic E-state index is 11.5. The zero-order valence-corrected chi connectivity index (χ0v) is 13.1. The number of benzene rings is 1. The van der Waals surface area contributed by atoms with Crippen molar-refractivity contribution in [1.82, 2.24) is 4.90 Å². The fourth-order valence-electron chi connectivity index (χ4n) is 2.49. The Labute approximate surface area is 124 Å². The van der Waals surface area contributed by atoms with E-state index in [1.54, 1.807) is 6.07 Å². The molecule has 1 amide bonds. The van der Waals surface area contributed by atoms with Crippen LogP contribution in [0.3, 0.4) is 0 Å². The topological polar surface area (TPSA) is 89.7 Å². The third kappa shape index (κ3) is 3.95. The molecule has 1 aromatic rings. The fourth-order valence-corrected chi connectivity index (χ4v) is 3.08. The number of hydrogen-bond acceptors (Lipinski definition) is 5. The summed E-state index contributed by atoms with van der Waals surface area (Å²) >= 11 is 0. The number of methoxy groups -OCH3 is 1. The molecule has 0 spiro atoms. The maximum Gasteiger partial charge on any atom is 0.252 e. The number of sulfone groups is 1. The van der Waals surface area contributed by atoms with E-state index < -0.39 is 15.7 Å². The van der Waals surface area contributed by atoms with Gasteiger partial charge < -0.3 is 10.5 Å². The van der Waals surface area contributed by atoms with E-state index in [-0.39, 0.29) is 5.75 Å². The van der Waals surface area contributed by atoms with Crippen molar-refractivity contribution in [3.63, 3.8) is 0 Å². The summed E-state index contributed by atoms with van der Waals surface area (Å²) in [7, 11) is -1.46. The molecule has 116 valence electrons. The van der Waals surface area contributed by atoms with Crippen molar-refractivity contribution in [3.8, 4) is 5.75 Å². The number of carbonyl (C=O) groups excluding carboxylic acids is 1. The predicted molar refractivity (Wildman–Crippen MR) is 80.2 cm³/mol. The Kier molecular flexibility index (Phi) is 4.53. The molecule has 0 fully saturated rings. The lowest BCUT2D eigenvalue weighted by atomic mass is 9.96. The fraction of sp³-hybridized carbons (Fsp3) is 0.500. The van der Waals surface area contributed by atoms with Crippen molar-refractivity contribution in [1.29, 1.82) is 0 Å². The number of primary amides is 1. The van der Waals surface area contributed by atoms with E-state index in [1.807, 2.05) is 6.07 Å². The van der Waals surface area contributed by atoms with Gasteiger partial charge in [0.1, 0.15) is 15.6 Å². The summed E-state index contributed by atoms with van der Waals surface area (Å²) in [6.45, 7) is 1.91. The molecule has 1 aliphatic heterocycles. The van der Waals surface area contributed by atoms with E-state index in [1.165, 1.54) is 13.4 Å². The SMILES string of the molecule is COc1cc2c(cc1C(N)=O)CN(CCS(C)(=O)=O)CC2. The average Bonchev–Trinajstić information content (AvgIpc) is 2.42. The molecule has 0 saturated carbocycles. The molecule has 0 aromatic heterocycles. The average molecular weight is 312 g/mol. The van der Waals surface area contributed by atoms with Crippen molar-refractivity contribution in [2.75, 3.05) is 32.2 Å². The first kappa shape index (κ1) is 15.8. The standard InChI is InChI=1S/C14H20N2O4S/c1-20-13-8-10-3-4-16(5-6-21(2,18)19)9-11(10)7-12(13)14(15)17/h7-8H,3-6,9H2,1-2H3,(H2,15,17). The number of rotatable bonds is 5. The van der Waals surface area contributed by atoms with Gasteiger partial charge in [0.05, 0.1) is 18.4 Å². The van der Waals surface area contributed by atoms with Gasteiger partial charge in [-0.1, -0.05) is 0 Å². The smallest absolute Gasteiger partial charge is 0.252 e. The normalized spacial score (nSPS) is 15.5. The van der Waals surface area contributed by atoms with Crippen LogP contribution < -0.4 is 10.5 Å². The van der Waals surface area contributed by atoms with Crippen molar-refractivity contribution in [2.45, 2.75) is 13.0 Å². The minimum atomic E-state index is -2.97. The number of fused-ring (bicyclic) bond motifs is 1. The molecule has 0 radical (unpaired) electrons. The first-order valence-corrected chi connectivity index (χ1v) is 8.76. The van der Waals surface area contributed by atoms with E-state index in [0.29, 0.717) is 24.4 Å². The molecule has 0 bridgehead atoms. The van der Waals surface area contributed by atoms with Gasteiger partial charge in [-0.05, 0) is 29.7 Å². The highest BCUT2D eigenvalue weighted by molar-refractivity contribution is 7.90. The van der Waals surface area contributed by atoms with E-state index in [9.17, 15) is 13.2 Å². The van der Waals surface area contributed by atoms with Gasteiger partial charge in [0.25, 0.3) is 5.91 Å². The number of ether oxygens (including phenoxy) is 1. The molecule has 2 rings (SSSR count). The highest BCUT2D eigenvalue weighted by Crippen LogP contribution is 2.27. The summed E-state index contributed by atoms with van der Waals surface area (Å²) < 4.78 is 27.7. The number of nitrogens with zero attached hydrogens (tertiary/aromatic N) is 1. The van der Waals surface area contributed by atoms with Gasteiger partial charge in [-0.3, -0.25) is 9.69 Å². The van der Waals surface area contributed by atoms with Crippen LogP contribution in [0.25, 0.3) is 0 Å². The minimum Gasteiger partial charge on any atom is -0.496 e. The molecule has 21 heavy (non-hydrogen) atoms. The second-order valence-electron chi connectivity index (χ2n) is 5.34. The van der Waals surface area contributed by atoms with E-state index in [0.717, 1.165) is 24.1 Å². The first-order valence-electron chi connectivity index (χ1n) is 6.70. The van der Waals surface area contributed by atoms with Gasteiger partial charge in [-0.2, -0.15) is 0 Å². The Hall–Kier alpha value is -1.60. The molecule has 0 aliphatic carbocycles. The highest BCUT2D eigenvalue weighted by Gasteiger charge is 2.21. The number of hydrogen-bond donors (Lipinski definition) is 1. The number of nitrogens with two attached hydrogens (primary N) is 1. The molecule has 2 N–H and O–H groups in total. The molecular weight excluding hydrogens is 292 g/mol. The Bertz CT molecular complexity index is 655. The van der Waals surface area contributed by atoms with Gasteiger partial charge in [0.2, 0.25) is 0 Å². The van der Waals surface area contributed by atoms with Crippen LogP contribution in [0.4, 0.5) is 0 Å². The molecular formula is C14H20N2O4S. The third-order valence-corrected chi connectivity index (χ3v) is 4.58. The van der Waals surface area contributed by atoms with Gasteiger partial charge in [0.15, 0.2) is 0 Å². The lowest BCUT2D eigenvalue weighted by molar-refractivity contribution is 0.0997. The van der Waals surface area contributed by atoms with Crippen LogP contribution >= 0.6 is 0 Å². The highest BCUT2D eigenvalue weighted by atomic mass is 32.2. The summed E-state index contributed by atoms with van der Waals surface area (Å²) in [4.78, 5) is 13.5. The lowest BCUT2D eigenvalue weighted by Crippen LogP contribution is -2.34. The molecule has 0 saturated heterocycles. The Morgan fingerprint density at radius 3 is 2.67 bits per heavy atom. The number of amides is 1. The Morgan fingerprint density at radius 1 is 1.38 bits per heavy atom. The van der Waals surface area contributed by atoms with Gasteiger partial charge in [0, 0.05) is 25.9 Å². The zero-order chi connectivity index (χ0) is 15.6. The molecule has 0 atom stereocenters. The summed E-state index contributed by atoms with van der Waals surface area (Å²) in [5, 5.41) is 0. The van der Waals surface area contributed by atoms with Crippen LogP contribution in [-0.2, 0) is 22.8 Å². The van der Waals surface area contributed by atoms with Crippen molar-refractivity contribution >= 4 is 15.7 Å². The van der Waals surface area contributed by atoms with Crippen LogP contribution in [0.15, 0.2) is 12.1 Å². The lowest BCUT2D eigenvalue weighted by Gasteiger charge is -2.29. The monoisotopic (exact) mass is 312 g/mol. The molecule has 1 heterocycles. The van der Waals surface area contributed by atoms with Crippen molar-refractivity contribution in [2.24, 2.45) is 5.73 Å². The van der Waals surface area contributed by atoms with Crippen LogP contribution in [0.1, 0.15) is 21.5 Å². The van der Waals surface area contributed by atoms with Gasteiger partial charge in [-0.15, -0.1) is 0 Å². The Morgan fingerprint density at radius 2 is 2.10 bits per heavy atom. The summed E-state index contributed by atoms with van der Waals surface area (Å²) in [5.74, 6) is 0.106. The van der Waals surface area contributed by atoms with E-state index >= 15 is 0 Å². The van der Waals surface area contributed by atoms with Crippen LogP contribution in [0.5, 0.6) is 5.75 Å². The third-order valence-electron chi connectivity index (χ3n) is 3.66. The molecule has 6 nitrogen and oxygen atoms in total.